The second-order valence-electron chi connectivity index (χ2n) is 16.8. The second-order valence-corrected chi connectivity index (χ2v) is 16.8. The Balaban J connectivity index is 1.21. The van der Waals surface area contributed by atoms with Crippen molar-refractivity contribution in [1.82, 2.24) is 30.4 Å². The van der Waals surface area contributed by atoms with E-state index in [0.29, 0.717) is 68.9 Å². The van der Waals surface area contributed by atoms with E-state index in [-0.39, 0.29) is 48.0 Å². The number of rotatable bonds is 18. The zero-order valence-electron chi connectivity index (χ0n) is 33.8. The number of nitrogens with zero attached hydrogens (tertiary/aromatic N) is 3. The number of imidazole rings is 1. The van der Waals surface area contributed by atoms with Crippen LogP contribution in [0.5, 0.6) is 0 Å². The van der Waals surface area contributed by atoms with Crippen molar-refractivity contribution in [3.63, 3.8) is 0 Å². The first-order valence-corrected chi connectivity index (χ1v) is 20.2. The van der Waals surface area contributed by atoms with Crippen molar-refractivity contribution in [2.75, 3.05) is 26.2 Å². The lowest BCUT2D eigenvalue weighted by atomic mass is 9.84. The predicted molar refractivity (Wildman–Crippen MR) is 213 cm³/mol. The number of hydrogen-bond donors (Lipinski definition) is 5. The summed E-state index contributed by atoms with van der Waals surface area (Å²) in [5.74, 6) is -0.656. The van der Waals surface area contributed by atoms with Gasteiger partial charge in [0.25, 0.3) is 0 Å². The minimum absolute atomic E-state index is 0.0100. The van der Waals surface area contributed by atoms with Crippen LogP contribution in [0.25, 0.3) is 11.3 Å². The third-order valence-corrected chi connectivity index (χ3v) is 11.6. The molecule has 2 aliphatic carbocycles. The quantitative estimate of drug-likeness (QED) is 0.116. The van der Waals surface area contributed by atoms with Crippen LogP contribution in [0.1, 0.15) is 90.6 Å². The van der Waals surface area contributed by atoms with Crippen LogP contribution in [0.4, 0.5) is 8.78 Å². The van der Waals surface area contributed by atoms with Gasteiger partial charge >= 0.3 is 0 Å². The van der Waals surface area contributed by atoms with Crippen LogP contribution in [0, 0.1) is 40.7 Å². The highest BCUT2D eigenvalue weighted by Crippen LogP contribution is 2.50. The molecule has 12 nitrogen and oxygen atoms in total. The molecule has 14 heteroatoms. The van der Waals surface area contributed by atoms with Crippen LogP contribution >= 0.6 is 0 Å². The van der Waals surface area contributed by atoms with Crippen molar-refractivity contribution < 1.29 is 33.1 Å². The SMILES string of the molecule is CCC1C(C)C1CC(=O)NCCNC(=O)[C@@H]1CC[C@@H](NC(=O)[C@@H](N)CCN(C(=O)CO)[C@@H](c2nc(-c3cc(F)ccc3F)cn2Cc2ccccc2)C(C)(C)C)C1. The first-order chi connectivity index (χ1) is 27.1. The van der Waals surface area contributed by atoms with Crippen molar-refractivity contribution in [2.45, 2.75) is 97.8 Å². The molecule has 0 radical (unpaired) electrons. The average Bonchev–Trinajstić information content (AvgIpc) is 3.46. The van der Waals surface area contributed by atoms with Gasteiger partial charge in [-0.05, 0) is 72.6 Å². The van der Waals surface area contributed by atoms with Gasteiger partial charge in [0.15, 0.2) is 0 Å². The first-order valence-electron chi connectivity index (χ1n) is 20.2. The van der Waals surface area contributed by atoms with Crippen molar-refractivity contribution >= 4 is 23.6 Å². The average molecular weight is 792 g/mol. The summed E-state index contributed by atoms with van der Waals surface area (Å²) in [6.07, 6.45) is 4.94. The molecule has 2 aromatic carbocycles. The van der Waals surface area contributed by atoms with Crippen LogP contribution < -0.4 is 21.7 Å². The molecule has 3 unspecified atom stereocenters. The second kappa shape index (κ2) is 19.2. The molecule has 2 fully saturated rings. The number of aliphatic hydroxyl groups excluding tert-OH is 1. The fraction of sp³-hybridized carbons (Fsp3) is 0.558. The molecule has 7 atom stereocenters. The van der Waals surface area contributed by atoms with Crippen molar-refractivity contribution in [1.29, 1.82) is 0 Å². The van der Waals surface area contributed by atoms with Crippen LogP contribution in [0.15, 0.2) is 54.7 Å². The van der Waals surface area contributed by atoms with Gasteiger partial charge in [0.05, 0.1) is 17.8 Å². The Morgan fingerprint density at radius 1 is 1.04 bits per heavy atom. The van der Waals surface area contributed by atoms with Crippen LogP contribution in [-0.2, 0) is 25.7 Å². The number of aromatic nitrogens is 2. The van der Waals surface area contributed by atoms with E-state index in [1.54, 1.807) is 10.8 Å². The standard InChI is InChI=1S/C43H59F2N7O5/c1-6-31-26(2)32(31)22-37(54)47-17-18-48-41(56)28-12-14-30(20-28)49-42(57)35(46)16-19-52(38(55)25-53)39(43(3,4)5)40-50-36(33-21-29(44)13-15-34(33)45)24-51(40)23-27-10-8-7-9-11-27/h7-11,13,15,21,24,26,28,30-32,35,39,53H,6,12,14,16-20,22-23,25,46H2,1-5H3,(H,47,54)(H,48,56)(H,49,57)/t26?,28-,30-,31?,32?,35+,39+/m1/s1. The van der Waals surface area contributed by atoms with E-state index in [4.69, 9.17) is 10.7 Å². The van der Waals surface area contributed by atoms with E-state index in [0.717, 1.165) is 30.2 Å². The highest BCUT2D eigenvalue weighted by molar-refractivity contribution is 5.83. The van der Waals surface area contributed by atoms with Gasteiger partial charge in [0.1, 0.15) is 24.1 Å². The molecule has 0 aliphatic heterocycles. The number of aliphatic hydroxyl groups is 1. The van der Waals surface area contributed by atoms with Gasteiger partial charge in [0, 0.05) is 56.3 Å². The Labute approximate surface area is 334 Å². The van der Waals surface area contributed by atoms with Crippen molar-refractivity contribution in [3.05, 3.63) is 77.8 Å². The molecule has 5 rings (SSSR count). The third kappa shape index (κ3) is 11.2. The van der Waals surface area contributed by atoms with Crippen molar-refractivity contribution in [3.8, 4) is 11.3 Å². The summed E-state index contributed by atoms with van der Waals surface area (Å²) in [6.45, 7) is 10.2. The molecule has 2 saturated carbocycles. The molecule has 0 spiro atoms. The molecular weight excluding hydrogens is 733 g/mol. The third-order valence-electron chi connectivity index (χ3n) is 11.6. The fourth-order valence-electron chi connectivity index (χ4n) is 8.40. The lowest BCUT2D eigenvalue weighted by Gasteiger charge is -2.40. The predicted octanol–water partition coefficient (Wildman–Crippen LogP) is 4.70. The molecule has 57 heavy (non-hydrogen) atoms. The highest BCUT2D eigenvalue weighted by atomic mass is 19.1. The maximum Gasteiger partial charge on any atom is 0.248 e. The zero-order valence-corrected chi connectivity index (χ0v) is 33.8. The Hall–Kier alpha value is -4.69. The number of hydrogen-bond acceptors (Lipinski definition) is 7. The van der Waals surface area contributed by atoms with Crippen LogP contribution in [0.2, 0.25) is 0 Å². The normalized spacial score (nSPS) is 21.4. The summed E-state index contributed by atoms with van der Waals surface area (Å²) < 4.78 is 31.2. The van der Waals surface area contributed by atoms with E-state index < -0.39 is 47.6 Å². The number of nitrogens with two attached hydrogens (primary N) is 1. The molecule has 4 amide bonds. The minimum Gasteiger partial charge on any atom is -0.387 e. The number of nitrogens with one attached hydrogen (secondary N) is 3. The number of halogens is 2. The molecule has 1 heterocycles. The molecule has 6 N–H and O–H groups in total. The van der Waals surface area contributed by atoms with Gasteiger partial charge in [-0.1, -0.05) is 71.4 Å². The molecular formula is C43H59F2N7O5. The molecule has 3 aromatic rings. The highest BCUT2D eigenvalue weighted by Gasteiger charge is 2.45. The van der Waals surface area contributed by atoms with E-state index in [9.17, 15) is 28.7 Å². The smallest absolute Gasteiger partial charge is 0.248 e. The molecule has 310 valence electrons. The van der Waals surface area contributed by atoms with E-state index in [1.807, 2.05) is 51.1 Å². The Morgan fingerprint density at radius 2 is 1.75 bits per heavy atom. The monoisotopic (exact) mass is 791 g/mol. The number of amides is 4. The molecule has 2 aliphatic rings. The summed E-state index contributed by atoms with van der Waals surface area (Å²) in [6, 6.07) is 10.6. The van der Waals surface area contributed by atoms with Gasteiger partial charge in [-0.3, -0.25) is 19.2 Å². The summed E-state index contributed by atoms with van der Waals surface area (Å²) in [4.78, 5) is 58.3. The van der Waals surface area contributed by atoms with Gasteiger partial charge in [-0.15, -0.1) is 0 Å². The number of benzene rings is 2. The van der Waals surface area contributed by atoms with Gasteiger partial charge in [-0.25, -0.2) is 13.8 Å². The number of carbonyl (C=O) groups is 4. The molecule has 0 saturated heterocycles. The molecule has 1 aromatic heterocycles. The zero-order chi connectivity index (χ0) is 41.4. The van der Waals surface area contributed by atoms with Crippen LogP contribution in [-0.4, -0.2) is 81.5 Å². The maximum atomic E-state index is 15.0. The summed E-state index contributed by atoms with van der Waals surface area (Å²) in [7, 11) is 0. The van der Waals surface area contributed by atoms with Gasteiger partial charge in [0.2, 0.25) is 23.6 Å². The van der Waals surface area contributed by atoms with E-state index in [2.05, 4.69) is 29.8 Å². The Kier molecular flexibility index (Phi) is 14.6. The molecule has 0 bridgehead atoms. The summed E-state index contributed by atoms with van der Waals surface area (Å²) >= 11 is 0. The lowest BCUT2D eigenvalue weighted by Crippen LogP contribution is -2.49. The van der Waals surface area contributed by atoms with E-state index in [1.165, 1.54) is 4.90 Å². The van der Waals surface area contributed by atoms with Gasteiger partial charge < -0.3 is 36.3 Å². The van der Waals surface area contributed by atoms with Crippen LogP contribution in [0.3, 0.4) is 0 Å². The maximum absolute atomic E-state index is 15.0. The summed E-state index contributed by atoms with van der Waals surface area (Å²) in [5, 5.41) is 18.9. The minimum atomic E-state index is -1.01. The first kappa shape index (κ1) is 43.4. The number of carbonyl (C=O) groups excluding carboxylic acids is 4. The summed E-state index contributed by atoms with van der Waals surface area (Å²) in [5.41, 5.74) is 6.78. The fourth-order valence-corrected chi connectivity index (χ4v) is 8.40. The van der Waals surface area contributed by atoms with Gasteiger partial charge in [-0.2, -0.15) is 0 Å². The Morgan fingerprint density at radius 3 is 2.42 bits per heavy atom. The largest absolute Gasteiger partial charge is 0.387 e. The lowest BCUT2D eigenvalue weighted by molar-refractivity contribution is -0.140. The van der Waals surface area contributed by atoms with Crippen molar-refractivity contribution in [2.24, 2.45) is 34.8 Å². The van der Waals surface area contributed by atoms with E-state index >= 15 is 4.39 Å². The Bertz CT molecular complexity index is 1870. The topological polar surface area (TPSA) is 172 Å².